The van der Waals surface area contributed by atoms with Gasteiger partial charge in [-0.25, -0.2) is 0 Å². The van der Waals surface area contributed by atoms with Crippen molar-refractivity contribution >= 4 is 34.9 Å². The van der Waals surface area contributed by atoms with E-state index in [0.29, 0.717) is 16.7 Å². The minimum atomic E-state index is -0.737. The van der Waals surface area contributed by atoms with E-state index >= 15 is 0 Å². The van der Waals surface area contributed by atoms with Crippen molar-refractivity contribution in [1.82, 2.24) is 5.32 Å². The third-order valence-corrected chi connectivity index (χ3v) is 4.94. The SMILES string of the molecule is O=C(CNC(=O)c1ccccc1)OCC(=O)c1ccc(Cc2ccc(Cl)cc2[N+](=O)[O-])cc1. The van der Waals surface area contributed by atoms with Crippen molar-refractivity contribution in [2.45, 2.75) is 6.42 Å². The largest absolute Gasteiger partial charge is 0.456 e. The van der Waals surface area contributed by atoms with Gasteiger partial charge in [0.25, 0.3) is 11.6 Å². The number of hydrogen-bond acceptors (Lipinski definition) is 6. The maximum Gasteiger partial charge on any atom is 0.325 e. The zero-order valence-corrected chi connectivity index (χ0v) is 18.1. The number of carbonyl (C=O) groups excluding carboxylic acids is 3. The molecule has 1 amide bonds. The Morgan fingerprint density at radius 2 is 1.64 bits per heavy atom. The maximum absolute atomic E-state index is 12.3. The molecule has 0 aliphatic carbocycles. The van der Waals surface area contributed by atoms with Crippen LogP contribution in [0.3, 0.4) is 0 Å². The monoisotopic (exact) mass is 466 g/mol. The van der Waals surface area contributed by atoms with E-state index in [4.69, 9.17) is 16.3 Å². The number of esters is 1. The highest BCUT2D eigenvalue weighted by Crippen LogP contribution is 2.25. The number of nitrogens with one attached hydrogen (secondary N) is 1. The quantitative estimate of drug-likeness (QED) is 0.220. The highest BCUT2D eigenvalue weighted by Gasteiger charge is 2.16. The summed E-state index contributed by atoms with van der Waals surface area (Å²) in [4.78, 5) is 46.8. The molecule has 0 saturated carbocycles. The number of rotatable bonds is 9. The first-order valence-electron chi connectivity index (χ1n) is 9.87. The molecule has 0 bridgehead atoms. The van der Waals surface area contributed by atoms with Crippen molar-refractivity contribution in [3.63, 3.8) is 0 Å². The Kier molecular flexibility index (Phi) is 7.88. The maximum atomic E-state index is 12.3. The molecule has 0 spiro atoms. The number of ether oxygens (including phenoxy) is 1. The van der Waals surface area contributed by atoms with Crippen LogP contribution in [0.5, 0.6) is 0 Å². The van der Waals surface area contributed by atoms with Crippen LogP contribution in [-0.2, 0) is 16.0 Å². The zero-order valence-electron chi connectivity index (χ0n) is 17.3. The highest BCUT2D eigenvalue weighted by atomic mass is 35.5. The van der Waals surface area contributed by atoms with Gasteiger partial charge < -0.3 is 10.1 Å². The lowest BCUT2D eigenvalue weighted by Crippen LogP contribution is -2.31. The molecule has 3 aromatic rings. The molecule has 0 radical (unpaired) electrons. The molecule has 0 heterocycles. The molecule has 1 N–H and O–H groups in total. The van der Waals surface area contributed by atoms with E-state index in [9.17, 15) is 24.5 Å². The molecule has 0 aromatic heterocycles. The van der Waals surface area contributed by atoms with Gasteiger partial charge in [-0.05, 0) is 23.8 Å². The highest BCUT2D eigenvalue weighted by molar-refractivity contribution is 6.30. The van der Waals surface area contributed by atoms with Crippen molar-refractivity contribution in [2.24, 2.45) is 0 Å². The standard InChI is InChI=1S/C24H19ClN2O6/c25-20-11-10-19(21(13-20)27(31)32)12-16-6-8-17(9-7-16)22(28)15-33-23(29)14-26-24(30)18-4-2-1-3-5-18/h1-11,13H,12,14-15H2,(H,26,30). The molecule has 0 fully saturated rings. The Morgan fingerprint density at radius 3 is 2.30 bits per heavy atom. The lowest BCUT2D eigenvalue weighted by molar-refractivity contribution is -0.385. The fourth-order valence-corrected chi connectivity index (χ4v) is 3.18. The number of hydrogen-bond donors (Lipinski definition) is 1. The summed E-state index contributed by atoms with van der Waals surface area (Å²) >= 11 is 5.84. The molecule has 168 valence electrons. The van der Waals surface area contributed by atoms with Crippen molar-refractivity contribution in [1.29, 1.82) is 0 Å². The Labute approximate surface area is 194 Å². The van der Waals surface area contributed by atoms with Gasteiger partial charge in [0.15, 0.2) is 12.4 Å². The van der Waals surface area contributed by atoms with Gasteiger partial charge in [0.1, 0.15) is 6.54 Å². The number of Topliss-reactive ketones (excluding diaryl/α,β-unsaturated/α-hetero) is 1. The lowest BCUT2D eigenvalue weighted by atomic mass is 10.0. The topological polar surface area (TPSA) is 116 Å². The van der Waals surface area contributed by atoms with Crippen molar-refractivity contribution in [2.75, 3.05) is 13.2 Å². The molecule has 0 saturated heterocycles. The minimum absolute atomic E-state index is 0.0751. The second-order valence-electron chi connectivity index (χ2n) is 7.04. The predicted octanol–water partition coefficient (Wildman–Crippen LogP) is 3.99. The van der Waals surface area contributed by atoms with E-state index in [2.05, 4.69) is 5.32 Å². The minimum Gasteiger partial charge on any atom is -0.456 e. The summed E-state index contributed by atoms with van der Waals surface area (Å²) in [5, 5.41) is 13.9. The average Bonchev–Trinajstić information content (AvgIpc) is 2.83. The summed E-state index contributed by atoms with van der Waals surface area (Å²) in [6.45, 7) is -0.831. The first-order chi connectivity index (χ1) is 15.8. The number of carbonyl (C=O) groups is 3. The van der Waals surface area contributed by atoms with Crippen LogP contribution in [0.2, 0.25) is 5.02 Å². The average molecular weight is 467 g/mol. The van der Waals surface area contributed by atoms with E-state index in [-0.39, 0.29) is 23.7 Å². The van der Waals surface area contributed by atoms with Crippen LogP contribution in [-0.4, -0.2) is 35.7 Å². The van der Waals surface area contributed by atoms with Crippen molar-refractivity contribution < 1.29 is 24.0 Å². The number of benzene rings is 3. The van der Waals surface area contributed by atoms with Gasteiger partial charge >= 0.3 is 5.97 Å². The van der Waals surface area contributed by atoms with E-state index in [1.807, 2.05) is 0 Å². The van der Waals surface area contributed by atoms with Gasteiger partial charge in [-0.1, -0.05) is 60.1 Å². The Hall–Kier alpha value is -4.04. The van der Waals surface area contributed by atoms with Gasteiger partial charge in [-0.2, -0.15) is 0 Å². The Bertz CT molecular complexity index is 1180. The number of halogens is 1. The number of nitrogens with zero attached hydrogens (tertiary/aromatic N) is 1. The zero-order chi connectivity index (χ0) is 23.8. The summed E-state index contributed by atoms with van der Waals surface area (Å²) in [6, 6.07) is 19.3. The number of ketones is 1. The normalized spacial score (nSPS) is 10.3. The predicted molar refractivity (Wildman–Crippen MR) is 121 cm³/mol. The van der Waals surface area contributed by atoms with Crippen molar-refractivity contribution in [3.8, 4) is 0 Å². The van der Waals surface area contributed by atoms with Gasteiger partial charge in [-0.3, -0.25) is 24.5 Å². The molecular weight excluding hydrogens is 448 g/mol. The molecule has 33 heavy (non-hydrogen) atoms. The summed E-state index contributed by atoms with van der Waals surface area (Å²) < 4.78 is 4.93. The molecule has 3 rings (SSSR count). The van der Waals surface area contributed by atoms with Gasteiger partial charge in [0.05, 0.1) is 4.92 Å². The first kappa shape index (κ1) is 23.6. The van der Waals surface area contributed by atoms with Crippen LogP contribution in [0, 0.1) is 10.1 Å². The third-order valence-electron chi connectivity index (χ3n) is 4.71. The summed E-state index contributed by atoms with van der Waals surface area (Å²) in [6.07, 6.45) is 0.290. The second kappa shape index (κ2) is 11.0. The summed E-state index contributed by atoms with van der Waals surface area (Å²) in [5.41, 5.74) is 1.91. The van der Waals surface area contributed by atoms with Crippen LogP contribution in [0.4, 0.5) is 5.69 Å². The molecule has 9 heteroatoms. The first-order valence-corrected chi connectivity index (χ1v) is 10.2. The van der Waals surface area contributed by atoms with E-state index in [1.54, 1.807) is 66.7 Å². The van der Waals surface area contributed by atoms with Crippen LogP contribution < -0.4 is 5.32 Å². The van der Waals surface area contributed by atoms with E-state index < -0.39 is 29.2 Å². The number of nitro groups is 1. The Morgan fingerprint density at radius 1 is 0.939 bits per heavy atom. The van der Waals surface area contributed by atoms with Crippen molar-refractivity contribution in [3.05, 3.63) is 110 Å². The molecular formula is C24H19ClN2O6. The number of amides is 1. The van der Waals surface area contributed by atoms with Crippen LogP contribution in [0.15, 0.2) is 72.8 Å². The molecule has 0 aliphatic heterocycles. The van der Waals surface area contributed by atoms with Gasteiger partial charge in [0.2, 0.25) is 0 Å². The van der Waals surface area contributed by atoms with Gasteiger partial charge in [0, 0.05) is 34.2 Å². The fourth-order valence-electron chi connectivity index (χ4n) is 3.01. The molecule has 3 aromatic carbocycles. The molecule has 0 aliphatic rings. The molecule has 0 unspecified atom stereocenters. The molecule has 0 atom stereocenters. The smallest absolute Gasteiger partial charge is 0.325 e. The summed E-state index contributed by atoms with van der Waals surface area (Å²) in [7, 11) is 0. The van der Waals surface area contributed by atoms with Crippen LogP contribution >= 0.6 is 11.6 Å². The van der Waals surface area contributed by atoms with Crippen LogP contribution in [0.25, 0.3) is 0 Å². The Balaban J connectivity index is 1.51. The molecule has 8 nitrogen and oxygen atoms in total. The second-order valence-corrected chi connectivity index (χ2v) is 7.47. The number of nitro benzene ring substituents is 1. The van der Waals surface area contributed by atoms with E-state index in [1.165, 1.54) is 6.07 Å². The van der Waals surface area contributed by atoms with Gasteiger partial charge in [-0.15, -0.1) is 0 Å². The van der Waals surface area contributed by atoms with E-state index in [0.717, 1.165) is 5.56 Å². The lowest BCUT2D eigenvalue weighted by Gasteiger charge is -2.07. The summed E-state index contributed by atoms with van der Waals surface area (Å²) in [5.74, 6) is -1.57. The third kappa shape index (κ3) is 6.72. The van der Waals surface area contributed by atoms with Crippen LogP contribution in [0.1, 0.15) is 31.8 Å². The fraction of sp³-hybridized carbons (Fsp3) is 0.125.